The van der Waals surface area contributed by atoms with Crippen molar-refractivity contribution in [1.82, 2.24) is 15.2 Å². The van der Waals surface area contributed by atoms with Gasteiger partial charge >= 0.3 is 0 Å². The minimum absolute atomic E-state index is 0.0195. The highest BCUT2D eigenvalue weighted by Crippen LogP contribution is 2.39. The van der Waals surface area contributed by atoms with Crippen LogP contribution < -0.4 is 4.72 Å². The second kappa shape index (κ2) is 11.4. The summed E-state index contributed by atoms with van der Waals surface area (Å²) in [6, 6.07) is 22.9. The Balaban J connectivity index is 1.33. The molecule has 1 saturated heterocycles. The number of aromatic nitrogens is 3. The number of anilines is 1. The third kappa shape index (κ3) is 6.38. The molecule has 1 aromatic heterocycles. The number of nitrogens with one attached hydrogen (secondary N) is 2. The number of ether oxygens (including phenoxy) is 2. The van der Waals surface area contributed by atoms with Crippen LogP contribution in [0.15, 0.2) is 95.2 Å². The van der Waals surface area contributed by atoms with Crippen LogP contribution in [0.3, 0.4) is 0 Å². The first-order valence-electron chi connectivity index (χ1n) is 11.7. The smallest absolute Gasteiger partial charge is 0.261 e. The van der Waals surface area contributed by atoms with E-state index in [1.54, 1.807) is 54.6 Å². The van der Waals surface area contributed by atoms with Crippen LogP contribution in [-0.4, -0.2) is 40.6 Å². The van der Waals surface area contributed by atoms with Gasteiger partial charge in [-0.25, -0.2) is 13.4 Å². The monoisotopic (exact) mass is 538 g/mol. The van der Waals surface area contributed by atoms with Crippen molar-refractivity contribution >= 4 is 27.5 Å². The molecule has 2 heterocycles. The van der Waals surface area contributed by atoms with Crippen molar-refractivity contribution in [3.63, 3.8) is 0 Å². The maximum Gasteiger partial charge on any atom is 0.261 e. The van der Waals surface area contributed by atoms with Gasteiger partial charge in [0, 0.05) is 23.4 Å². The summed E-state index contributed by atoms with van der Waals surface area (Å²) in [5, 5.41) is 16.8. The molecule has 0 aliphatic carbocycles. The van der Waals surface area contributed by atoms with E-state index in [-0.39, 0.29) is 23.7 Å². The quantitative estimate of drug-likeness (QED) is 0.267. The number of hydrogen-bond acceptors (Lipinski definition) is 8. The number of nitrogens with zero attached hydrogens (tertiary/aromatic N) is 2. The number of aromatic amines is 1. The van der Waals surface area contributed by atoms with Crippen LogP contribution in [-0.2, 0) is 26.1 Å². The second-order valence-corrected chi connectivity index (χ2v) is 11.2. The predicted molar refractivity (Wildman–Crippen MR) is 139 cm³/mol. The van der Waals surface area contributed by atoms with Crippen molar-refractivity contribution in [2.24, 2.45) is 0 Å². The number of H-pyrrole nitrogens is 1. The Hall–Kier alpha value is -3.22. The molecule has 0 radical (unpaired) electrons. The molecular weight excluding hydrogens is 512 g/mol. The standard InChI is InChI=1S/C26H26N4O5S2/c31-15-18-6-8-19(9-7-18)24-14-22(16-36-26-27-17-28-29-26)34-25(35-24)20-10-12-21(13-11-20)30-37(32,33)23-4-2-1-3-5-23/h1-13,17,22,24-25,30-31H,14-16H2,(H,27,28,29)/t22-,24+,25+/m1/s1. The zero-order valence-corrected chi connectivity index (χ0v) is 21.4. The maximum absolute atomic E-state index is 12.7. The minimum atomic E-state index is -3.69. The molecule has 0 unspecified atom stereocenters. The first kappa shape index (κ1) is 25.4. The summed E-state index contributed by atoms with van der Waals surface area (Å²) >= 11 is 1.52. The lowest BCUT2D eigenvalue weighted by atomic mass is 10.0. The van der Waals surface area contributed by atoms with Gasteiger partial charge in [-0.1, -0.05) is 66.4 Å². The molecule has 0 amide bonds. The lowest BCUT2D eigenvalue weighted by Gasteiger charge is -2.36. The van der Waals surface area contributed by atoms with Crippen LogP contribution in [0.25, 0.3) is 0 Å². The number of hydrogen-bond donors (Lipinski definition) is 3. The van der Waals surface area contributed by atoms with Crippen LogP contribution in [0.4, 0.5) is 5.69 Å². The Morgan fingerprint density at radius 3 is 2.38 bits per heavy atom. The van der Waals surface area contributed by atoms with E-state index in [1.807, 2.05) is 24.3 Å². The lowest BCUT2D eigenvalue weighted by molar-refractivity contribution is -0.245. The van der Waals surface area contributed by atoms with Gasteiger partial charge in [-0.2, -0.15) is 5.10 Å². The van der Waals surface area contributed by atoms with E-state index in [9.17, 15) is 13.5 Å². The highest BCUT2D eigenvalue weighted by Gasteiger charge is 2.32. The summed E-state index contributed by atoms with van der Waals surface area (Å²) in [5.41, 5.74) is 3.04. The summed E-state index contributed by atoms with van der Waals surface area (Å²) in [6.45, 7) is -0.0195. The highest BCUT2D eigenvalue weighted by molar-refractivity contribution is 7.99. The highest BCUT2D eigenvalue weighted by atomic mass is 32.2. The molecule has 37 heavy (non-hydrogen) atoms. The fraction of sp³-hybridized carbons (Fsp3) is 0.231. The van der Waals surface area contributed by atoms with Crippen molar-refractivity contribution in [2.45, 2.75) is 41.6 Å². The molecule has 1 aliphatic rings. The Bertz CT molecular complexity index is 1380. The minimum Gasteiger partial charge on any atom is -0.392 e. The topological polar surface area (TPSA) is 126 Å². The molecule has 5 rings (SSSR count). The summed E-state index contributed by atoms with van der Waals surface area (Å²) in [6.07, 6.45) is 1.12. The van der Waals surface area contributed by atoms with Crippen molar-refractivity contribution < 1.29 is 23.0 Å². The first-order chi connectivity index (χ1) is 18.0. The molecule has 0 spiro atoms. The fourth-order valence-electron chi connectivity index (χ4n) is 3.98. The number of sulfonamides is 1. The molecule has 3 N–H and O–H groups in total. The van der Waals surface area contributed by atoms with Gasteiger partial charge in [0.05, 0.1) is 23.7 Å². The van der Waals surface area contributed by atoms with Gasteiger partial charge in [0.1, 0.15) is 6.33 Å². The van der Waals surface area contributed by atoms with Crippen molar-refractivity contribution in [3.05, 3.63) is 102 Å². The Morgan fingerprint density at radius 1 is 0.973 bits per heavy atom. The summed E-state index contributed by atoms with van der Waals surface area (Å²) in [4.78, 5) is 4.36. The number of aliphatic hydroxyl groups is 1. The average Bonchev–Trinajstić information content (AvgIpc) is 3.46. The molecule has 3 atom stereocenters. The second-order valence-electron chi connectivity index (χ2n) is 8.49. The van der Waals surface area contributed by atoms with Gasteiger partial charge in [0.2, 0.25) is 0 Å². The zero-order chi connectivity index (χ0) is 25.7. The summed E-state index contributed by atoms with van der Waals surface area (Å²) in [7, 11) is -3.69. The number of benzene rings is 3. The molecule has 0 saturated carbocycles. The number of rotatable bonds is 9. The summed E-state index contributed by atoms with van der Waals surface area (Å²) < 4.78 is 40.6. The maximum atomic E-state index is 12.7. The van der Waals surface area contributed by atoms with Gasteiger partial charge in [-0.15, -0.1) is 0 Å². The molecule has 0 bridgehead atoms. The van der Waals surface area contributed by atoms with Crippen LogP contribution in [0.1, 0.15) is 35.5 Å². The Kier molecular flexibility index (Phi) is 7.87. The van der Waals surface area contributed by atoms with Gasteiger partial charge in [0.25, 0.3) is 10.0 Å². The van der Waals surface area contributed by atoms with E-state index < -0.39 is 16.3 Å². The normalized spacial score (nSPS) is 20.0. The van der Waals surface area contributed by atoms with E-state index in [0.717, 1.165) is 16.7 Å². The summed E-state index contributed by atoms with van der Waals surface area (Å²) in [5.74, 6) is 0.648. The predicted octanol–water partition coefficient (Wildman–Crippen LogP) is 4.44. The molecule has 1 fully saturated rings. The molecular formula is C26H26N4O5S2. The van der Waals surface area contributed by atoms with Gasteiger partial charge in [0.15, 0.2) is 11.4 Å². The first-order valence-corrected chi connectivity index (χ1v) is 14.1. The fourth-order valence-corrected chi connectivity index (χ4v) is 5.86. The van der Waals surface area contributed by atoms with Gasteiger partial charge in [-0.05, 0) is 35.4 Å². The molecule has 11 heteroatoms. The number of thioether (sulfide) groups is 1. The van der Waals surface area contributed by atoms with E-state index >= 15 is 0 Å². The van der Waals surface area contributed by atoms with Crippen LogP contribution in [0, 0.1) is 0 Å². The third-order valence-corrected chi connectivity index (χ3v) is 8.31. The third-order valence-electron chi connectivity index (χ3n) is 5.90. The molecule has 1 aliphatic heterocycles. The molecule has 9 nitrogen and oxygen atoms in total. The Morgan fingerprint density at radius 2 is 1.70 bits per heavy atom. The van der Waals surface area contributed by atoms with E-state index in [2.05, 4.69) is 19.9 Å². The van der Waals surface area contributed by atoms with Crippen LogP contribution in [0.2, 0.25) is 0 Å². The number of aliphatic hydroxyl groups excluding tert-OH is 1. The SMILES string of the molecule is O=S(=O)(Nc1ccc([C@H]2O[C@@H](CSc3ncn[nH]3)C[C@@H](c3ccc(CO)cc3)O2)cc1)c1ccccc1. The lowest BCUT2D eigenvalue weighted by Crippen LogP contribution is -2.31. The molecule has 192 valence electrons. The van der Waals surface area contributed by atoms with Crippen molar-refractivity contribution in [1.29, 1.82) is 0 Å². The average molecular weight is 539 g/mol. The largest absolute Gasteiger partial charge is 0.392 e. The molecule has 3 aromatic carbocycles. The van der Waals surface area contributed by atoms with Gasteiger partial charge in [-0.3, -0.25) is 9.82 Å². The van der Waals surface area contributed by atoms with E-state index in [0.29, 0.717) is 23.0 Å². The van der Waals surface area contributed by atoms with E-state index in [1.165, 1.54) is 18.1 Å². The Labute approximate surface area is 219 Å². The van der Waals surface area contributed by atoms with Crippen molar-refractivity contribution in [2.75, 3.05) is 10.5 Å². The van der Waals surface area contributed by atoms with E-state index in [4.69, 9.17) is 9.47 Å². The van der Waals surface area contributed by atoms with Crippen LogP contribution in [0.5, 0.6) is 0 Å². The van der Waals surface area contributed by atoms with Crippen LogP contribution >= 0.6 is 11.8 Å². The van der Waals surface area contributed by atoms with Gasteiger partial charge < -0.3 is 14.6 Å². The van der Waals surface area contributed by atoms with Crippen molar-refractivity contribution in [3.8, 4) is 0 Å². The molecule has 4 aromatic rings. The zero-order valence-electron chi connectivity index (χ0n) is 19.7.